The molecule has 2 aliphatic heterocycles. The predicted molar refractivity (Wildman–Crippen MR) is 106 cm³/mol. The van der Waals surface area contributed by atoms with E-state index in [4.69, 9.17) is 9.47 Å². The van der Waals surface area contributed by atoms with Crippen molar-refractivity contribution in [3.8, 4) is 11.8 Å². The number of nitrogens with zero attached hydrogens (tertiary/aromatic N) is 4. The largest absolute Gasteiger partial charge is 0.467 e. The van der Waals surface area contributed by atoms with Crippen LogP contribution in [-0.2, 0) is 14.3 Å². The number of ether oxygens (including phenoxy) is 2. The Morgan fingerprint density at radius 1 is 1.27 bits per heavy atom. The van der Waals surface area contributed by atoms with Crippen molar-refractivity contribution in [1.82, 2.24) is 14.4 Å². The van der Waals surface area contributed by atoms with Crippen LogP contribution < -0.4 is 0 Å². The number of hydrogen-bond acceptors (Lipinski definition) is 7. The first-order chi connectivity index (χ1) is 14.5. The highest BCUT2D eigenvalue weighted by molar-refractivity contribution is 7.12. The summed E-state index contributed by atoms with van der Waals surface area (Å²) < 4.78 is 11.6. The highest BCUT2D eigenvalue weighted by Crippen LogP contribution is 2.30. The highest BCUT2D eigenvalue weighted by Gasteiger charge is 2.44. The summed E-state index contributed by atoms with van der Waals surface area (Å²) >= 11 is 1.25. The van der Waals surface area contributed by atoms with Crippen molar-refractivity contribution < 1.29 is 23.9 Å². The lowest BCUT2D eigenvalue weighted by Crippen LogP contribution is -2.51. The van der Waals surface area contributed by atoms with Crippen LogP contribution in [0.25, 0.3) is 5.69 Å². The molecular formula is C20H20N4O5S. The molecule has 4 heterocycles. The van der Waals surface area contributed by atoms with E-state index in [9.17, 15) is 19.6 Å². The Labute approximate surface area is 177 Å². The molecule has 0 aliphatic carbocycles. The average Bonchev–Trinajstić information content (AvgIpc) is 3.51. The number of piperidine rings is 1. The number of carbonyl (C=O) groups is 3. The van der Waals surface area contributed by atoms with Crippen LogP contribution in [-0.4, -0.2) is 71.2 Å². The number of esters is 1. The third-order valence-electron chi connectivity index (χ3n) is 5.47. The summed E-state index contributed by atoms with van der Waals surface area (Å²) in [6, 6.07) is 4.88. The summed E-state index contributed by atoms with van der Waals surface area (Å²) in [5.41, 5.74) is 1.05. The maximum Gasteiger partial charge on any atom is 0.410 e. The molecule has 2 fully saturated rings. The molecule has 10 heteroatoms. The topological polar surface area (TPSA) is 105 Å². The molecule has 156 valence electrons. The van der Waals surface area contributed by atoms with Crippen molar-refractivity contribution >= 4 is 29.3 Å². The van der Waals surface area contributed by atoms with E-state index in [1.54, 1.807) is 27.2 Å². The Morgan fingerprint density at radius 2 is 1.97 bits per heavy atom. The van der Waals surface area contributed by atoms with Crippen molar-refractivity contribution in [2.24, 2.45) is 0 Å². The first-order valence-corrected chi connectivity index (χ1v) is 10.4. The van der Waals surface area contributed by atoms with Gasteiger partial charge in [0.05, 0.1) is 18.4 Å². The number of likely N-dealkylation sites (tertiary alicyclic amines) is 1. The summed E-state index contributed by atoms with van der Waals surface area (Å²) in [6.07, 6.45) is 4.14. The molecule has 2 amide bonds. The van der Waals surface area contributed by atoms with Crippen molar-refractivity contribution in [2.45, 2.75) is 24.9 Å². The SMILES string of the molecule is COC(=O)C1COC(=O)N1C1CCN(C(=O)c2scc(C#N)c2-n2cccc2)CC1. The molecule has 4 rings (SSSR count). The first kappa shape index (κ1) is 20.0. The van der Waals surface area contributed by atoms with Gasteiger partial charge in [0.2, 0.25) is 0 Å². The van der Waals surface area contributed by atoms with Gasteiger partial charge in [0.1, 0.15) is 17.6 Å². The van der Waals surface area contributed by atoms with Gasteiger partial charge in [-0.15, -0.1) is 11.3 Å². The van der Waals surface area contributed by atoms with Crippen LogP contribution in [0.4, 0.5) is 4.79 Å². The van der Waals surface area contributed by atoms with Crippen LogP contribution >= 0.6 is 11.3 Å². The molecule has 9 nitrogen and oxygen atoms in total. The summed E-state index contributed by atoms with van der Waals surface area (Å²) in [5.74, 6) is -0.643. The summed E-state index contributed by atoms with van der Waals surface area (Å²) in [7, 11) is 1.28. The lowest BCUT2D eigenvalue weighted by molar-refractivity contribution is -0.145. The van der Waals surface area contributed by atoms with E-state index in [1.165, 1.54) is 23.3 Å². The second-order valence-corrected chi connectivity index (χ2v) is 7.96. The van der Waals surface area contributed by atoms with E-state index in [-0.39, 0.29) is 18.6 Å². The maximum atomic E-state index is 13.2. The summed E-state index contributed by atoms with van der Waals surface area (Å²) in [4.78, 5) is 41.0. The molecule has 30 heavy (non-hydrogen) atoms. The van der Waals surface area contributed by atoms with Crippen molar-refractivity contribution in [2.75, 3.05) is 26.8 Å². The minimum Gasteiger partial charge on any atom is -0.467 e. The first-order valence-electron chi connectivity index (χ1n) is 9.52. The van der Waals surface area contributed by atoms with E-state index in [1.807, 2.05) is 12.1 Å². The zero-order valence-corrected chi connectivity index (χ0v) is 17.1. The van der Waals surface area contributed by atoms with Gasteiger partial charge in [0.25, 0.3) is 5.91 Å². The molecule has 2 saturated heterocycles. The number of aromatic nitrogens is 1. The van der Waals surface area contributed by atoms with E-state index in [0.29, 0.717) is 42.1 Å². The fourth-order valence-electron chi connectivity index (χ4n) is 3.97. The number of rotatable bonds is 4. The summed E-state index contributed by atoms with van der Waals surface area (Å²) in [5, 5.41) is 11.1. The normalized spacial score (nSPS) is 19.5. The van der Waals surface area contributed by atoms with Gasteiger partial charge in [-0.3, -0.25) is 9.69 Å². The average molecular weight is 428 g/mol. The van der Waals surface area contributed by atoms with Crippen LogP contribution in [0.1, 0.15) is 28.1 Å². The monoisotopic (exact) mass is 428 g/mol. The number of amides is 2. The molecule has 0 aromatic carbocycles. The number of cyclic esters (lactones) is 1. The quantitative estimate of drug-likeness (QED) is 0.690. The van der Waals surface area contributed by atoms with Gasteiger partial charge >= 0.3 is 12.1 Å². The third kappa shape index (κ3) is 3.41. The molecule has 2 aliphatic rings. The second-order valence-electron chi connectivity index (χ2n) is 7.08. The van der Waals surface area contributed by atoms with Crippen molar-refractivity contribution in [1.29, 1.82) is 5.26 Å². The van der Waals surface area contributed by atoms with Crippen molar-refractivity contribution in [3.05, 3.63) is 40.3 Å². The van der Waals surface area contributed by atoms with Gasteiger partial charge in [-0.1, -0.05) is 0 Å². The van der Waals surface area contributed by atoms with Crippen molar-refractivity contribution in [3.63, 3.8) is 0 Å². The molecule has 0 bridgehead atoms. The number of thiophene rings is 1. The smallest absolute Gasteiger partial charge is 0.410 e. The molecule has 1 atom stereocenters. The lowest BCUT2D eigenvalue weighted by atomic mass is 10.0. The van der Waals surface area contributed by atoms with Gasteiger partial charge in [-0.05, 0) is 25.0 Å². The predicted octanol–water partition coefficient (Wildman–Crippen LogP) is 2.01. The van der Waals surface area contributed by atoms with E-state index in [0.717, 1.165) is 0 Å². The molecule has 2 aromatic heterocycles. The van der Waals surface area contributed by atoms with Gasteiger partial charge in [0, 0.05) is 36.9 Å². The molecule has 0 radical (unpaired) electrons. The van der Waals surface area contributed by atoms with E-state index >= 15 is 0 Å². The minimum absolute atomic E-state index is 0.0169. The van der Waals surface area contributed by atoms with E-state index < -0.39 is 18.1 Å². The molecule has 2 aromatic rings. The van der Waals surface area contributed by atoms with Gasteiger partial charge in [-0.2, -0.15) is 5.26 Å². The zero-order chi connectivity index (χ0) is 21.3. The lowest BCUT2D eigenvalue weighted by Gasteiger charge is -2.37. The minimum atomic E-state index is -0.745. The van der Waals surface area contributed by atoms with Crippen LogP contribution in [0.5, 0.6) is 0 Å². The number of methoxy groups -OCH3 is 1. The summed E-state index contributed by atoms with van der Waals surface area (Å²) in [6.45, 7) is 0.856. The van der Waals surface area contributed by atoms with Crippen LogP contribution in [0.2, 0.25) is 0 Å². The van der Waals surface area contributed by atoms with Gasteiger partial charge < -0.3 is 18.9 Å². The number of hydrogen-bond donors (Lipinski definition) is 0. The molecule has 1 unspecified atom stereocenters. The molecule has 0 saturated carbocycles. The Hall–Kier alpha value is -3.32. The van der Waals surface area contributed by atoms with E-state index in [2.05, 4.69) is 6.07 Å². The number of nitriles is 1. The molecular weight excluding hydrogens is 408 g/mol. The maximum absolute atomic E-state index is 13.2. The Balaban J connectivity index is 1.48. The van der Waals surface area contributed by atoms with Crippen LogP contribution in [0, 0.1) is 11.3 Å². The second kappa shape index (κ2) is 8.20. The Morgan fingerprint density at radius 3 is 2.60 bits per heavy atom. The van der Waals surface area contributed by atoms with Gasteiger partial charge in [-0.25, -0.2) is 9.59 Å². The zero-order valence-electron chi connectivity index (χ0n) is 16.3. The fraction of sp³-hybridized carbons (Fsp3) is 0.400. The molecule has 0 N–H and O–H groups in total. The number of carbonyl (C=O) groups excluding carboxylic acids is 3. The molecule has 0 spiro atoms. The Bertz CT molecular complexity index is 1000. The highest BCUT2D eigenvalue weighted by atomic mass is 32.1. The third-order valence-corrected chi connectivity index (χ3v) is 6.43. The fourth-order valence-corrected chi connectivity index (χ4v) is 4.92. The standard InChI is InChI=1S/C20H20N4O5S/c1-28-19(26)15-11-29-20(27)24(15)14-4-8-23(9-5-14)18(25)17-16(13(10-21)12-30-17)22-6-2-3-7-22/h2-3,6-7,12,14-15H,4-5,8-9,11H2,1H3. The van der Waals surface area contributed by atoms with Crippen LogP contribution in [0.15, 0.2) is 29.9 Å². The Kier molecular flexibility index (Phi) is 5.46. The van der Waals surface area contributed by atoms with Crippen LogP contribution in [0.3, 0.4) is 0 Å². The van der Waals surface area contributed by atoms with Gasteiger partial charge in [0.15, 0.2) is 6.04 Å².